The number of anilines is 2. The number of rotatable bonds is 5. The minimum absolute atomic E-state index is 0.121. The van der Waals surface area contributed by atoms with Crippen LogP contribution in [0, 0.1) is 6.92 Å². The summed E-state index contributed by atoms with van der Waals surface area (Å²) in [7, 11) is 1.80. The molecule has 4 heterocycles. The molecule has 0 saturated carbocycles. The number of carbonyl (C=O) groups is 2. The Balaban J connectivity index is 1.66. The Bertz CT molecular complexity index is 1010. The molecule has 0 spiro atoms. The number of carbonyl (C=O) groups excluding carboxylic acids is 2. The Morgan fingerprint density at radius 3 is 3.04 bits per heavy atom. The minimum atomic E-state index is -0.136. The van der Waals surface area contributed by atoms with Gasteiger partial charge in [0.05, 0.1) is 29.8 Å². The van der Waals surface area contributed by atoms with E-state index in [0.717, 1.165) is 36.0 Å². The van der Waals surface area contributed by atoms with Gasteiger partial charge >= 0.3 is 0 Å². The molecule has 9 heteroatoms. The zero-order valence-corrected chi connectivity index (χ0v) is 15.8. The number of hydrogen-bond acceptors (Lipinski definition) is 6. The van der Waals surface area contributed by atoms with E-state index in [4.69, 9.17) is 4.52 Å². The van der Waals surface area contributed by atoms with Crippen molar-refractivity contribution in [1.82, 2.24) is 20.0 Å². The number of H-pyrrole nitrogens is 1. The van der Waals surface area contributed by atoms with Crippen molar-refractivity contribution in [2.75, 3.05) is 30.4 Å². The van der Waals surface area contributed by atoms with Crippen molar-refractivity contribution < 1.29 is 14.1 Å². The number of pyridine rings is 1. The molecular weight excluding hydrogens is 360 g/mol. The molecule has 3 aromatic rings. The summed E-state index contributed by atoms with van der Waals surface area (Å²) in [4.78, 5) is 35.9. The molecule has 1 aliphatic heterocycles. The fraction of sp³-hybridized carbons (Fsp3) is 0.368. The van der Waals surface area contributed by atoms with Gasteiger partial charge in [-0.1, -0.05) is 5.16 Å². The number of aromatic amines is 1. The number of aromatic nitrogens is 3. The van der Waals surface area contributed by atoms with Gasteiger partial charge in [-0.25, -0.2) is 4.98 Å². The van der Waals surface area contributed by atoms with E-state index in [1.807, 2.05) is 6.07 Å². The SMILES string of the molecule is CNc1cnc2[nH]ccc2c1N(C=O)[C@@H]1CCCN(C(=O)c2cnoc2C)C1. The maximum atomic E-state index is 12.9. The first kappa shape index (κ1) is 18.0. The first-order chi connectivity index (χ1) is 13.6. The first-order valence-electron chi connectivity index (χ1n) is 9.22. The molecule has 146 valence electrons. The number of nitrogens with one attached hydrogen (secondary N) is 2. The summed E-state index contributed by atoms with van der Waals surface area (Å²) in [5.74, 6) is 0.379. The maximum Gasteiger partial charge on any atom is 0.259 e. The third-order valence-electron chi connectivity index (χ3n) is 5.26. The fourth-order valence-corrected chi connectivity index (χ4v) is 3.82. The van der Waals surface area contributed by atoms with E-state index >= 15 is 0 Å². The van der Waals surface area contributed by atoms with Crippen LogP contribution in [0.2, 0.25) is 0 Å². The molecule has 1 saturated heterocycles. The number of hydrogen-bond donors (Lipinski definition) is 2. The van der Waals surface area contributed by atoms with Gasteiger partial charge in [-0.3, -0.25) is 9.59 Å². The predicted octanol–water partition coefficient (Wildman–Crippen LogP) is 2.17. The van der Waals surface area contributed by atoms with Gasteiger partial charge in [-0.15, -0.1) is 0 Å². The number of piperidine rings is 1. The molecule has 3 aromatic heterocycles. The molecule has 2 N–H and O–H groups in total. The van der Waals surface area contributed by atoms with Crippen LogP contribution in [0.5, 0.6) is 0 Å². The largest absolute Gasteiger partial charge is 0.385 e. The van der Waals surface area contributed by atoms with Crippen LogP contribution in [-0.4, -0.2) is 58.5 Å². The number of amides is 2. The van der Waals surface area contributed by atoms with E-state index in [-0.39, 0.29) is 11.9 Å². The molecule has 1 aliphatic rings. The summed E-state index contributed by atoms with van der Waals surface area (Å²) in [5.41, 5.74) is 2.71. The van der Waals surface area contributed by atoms with Crippen molar-refractivity contribution in [3.63, 3.8) is 0 Å². The molecular formula is C19H22N6O3. The molecule has 0 aliphatic carbocycles. The molecule has 0 radical (unpaired) electrons. The summed E-state index contributed by atoms with van der Waals surface area (Å²) in [6.45, 7) is 2.80. The monoisotopic (exact) mass is 382 g/mol. The summed E-state index contributed by atoms with van der Waals surface area (Å²) in [6, 6.07) is 1.77. The molecule has 4 rings (SSSR count). The van der Waals surface area contributed by atoms with Crippen molar-refractivity contribution in [3.05, 3.63) is 36.0 Å². The highest BCUT2D eigenvalue weighted by molar-refractivity contribution is 6.02. The summed E-state index contributed by atoms with van der Waals surface area (Å²) >= 11 is 0. The van der Waals surface area contributed by atoms with E-state index < -0.39 is 0 Å². The summed E-state index contributed by atoms with van der Waals surface area (Å²) in [5, 5.41) is 7.67. The second kappa shape index (κ2) is 7.34. The molecule has 9 nitrogen and oxygen atoms in total. The zero-order valence-electron chi connectivity index (χ0n) is 15.8. The van der Waals surface area contributed by atoms with Crippen molar-refractivity contribution in [3.8, 4) is 0 Å². The predicted molar refractivity (Wildman–Crippen MR) is 104 cm³/mol. The lowest BCUT2D eigenvalue weighted by atomic mass is 10.0. The highest BCUT2D eigenvalue weighted by Crippen LogP contribution is 2.35. The average Bonchev–Trinajstić information content (AvgIpc) is 3.37. The Morgan fingerprint density at radius 1 is 1.46 bits per heavy atom. The van der Waals surface area contributed by atoms with Crippen LogP contribution in [0.3, 0.4) is 0 Å². The van der Waals surface area contributed by atoms with Gasteiger partial charge < -0.3 is 24.6 Å². The molecule has 28 heavy (non-hydrogen) atoms. The zero-order chi connectivity index (χ0) is 19.7. The first-order valence-corrected chi connectivity index (χ1v) is 9.22. The Kier molecular flexibility index (Phi) is 4.72. The molecule has 0 unspecified atom stereocenters. The van der Waals surface area contributed by atoms with Gasteiger partial charge in [0.15, 0.2) is 0 Å². The lowest BCUT2D eigenvalue weighted by Gasteiger charge is -2.38. The lowest BCUT2D eigenvalue weighted by molar-refractivity contribution is -0.108. The molecule has 1 atom stereocenters. The van der Waals surface area contributed by atoms with Crippen molar-refractivity contribution in [1.29, 1.82) is 0 Å². The number of aryl methyl sites for hydroxylation is 1. The average molecular weight is 382 g/mol. The summed E-state index contributed by atoms with van der Waals surface area (Å²) in [6.07, 6.45) is 7.41. The van der Waals surface area contributed by atoms with Crippen LogP contribution in [-0.2, 0) is 4.79 Å². The van der Waals surface area contributed by atoms with Crippen LogP contribution in [0.1, 0.15) is 29.0 Å². The Morgan fingerprint density at radius 2 is 2.32 bits per heavy atom. The molecule has 0 bridgehead atoms. The Hall–Kier alpha value is -3.36. The lowest BCUT2D eigenvalue weighted by Crippen LogP contribution is -2.49. The second-order valence-electron chi connectivity index (χ2n) is 6.87. The molecule has 0 aromatic carbocycles. The normalized spacial score (nSPS) is 16.9. The second-order valence-corrected chi connectivity index (χ2v) is 6.87. The van der Waals surface area contributed by atoms with Gasteiger partial charge in [0, 0.05) is 31.7 Å². The molecule has 1 fully saturated rings. The minimum Gasteiger partial charge on any atom is -0.385 e. The van der Waals surface area contributed by atoms with E-state index in [2.05, 4.69) is 20.4 Å². The van der Waals surface area contributed by atoms with E-state index in [9.17, 15) is 9.59 Å². The maximum absolute atomic E-state index is 12.9. The van der Waals surface area contributed by atoms with E-state index in [1.54, 1.807) is 36.2 Å². The van der Waals surface area contributed by atoms with Crippen molar-refractivity contribution >= 4 is 34.7 Å². The van der Waals surface area contributed by atoms with Crippen LogP contribution in [0.15, 0.2) is 29.2 Å². The number of fused-ring (bicyclic) bond motifs is 1. The van der Waals surface area contributed by atoms with Crippen LogP contribution < -0.4 is 10.2 Å². The van der Waals surface area contributed by atoms with E-state index in [0.29, 0.717) is 30.1 Å². The van der Waals surface area contributed by atoms with Crippen LogP contribution in [0.4, 0.5) is 11.4 Å². The highest BCUT2D eigenvalue weighted by Gasteiger charge is 2.31. The Labute approximate surface area is 161 Å². The van der Waals surface area contributed by atoms with Gasteiger partial charge in [0.1, 0.15) is 17.0 Å². The number of likely N-dealkylation sites (tertiary alicyclic amines) is 1. The van der Waals surface area contributed by atoms with E-state index in [1.165, 1.54) is 6.20 Å². The van der Waals surface area contributed by atoms with Gasteiger partial charge in [0.2, 0.25) is 6.41 Å². The van der Waals surface area contributed by atoms with Crippen LogP contribution >= 0.6 is 0 Å². The van der Waals surface area contributed by atoms with Crippen molar-refractivity contribution in [2.45, 2.75) is 25.8 Å². The van der Waals surface area contributed by atoms with Gasteiger partial charge in [0.25, 0.3) is 5.91 Å². The number of nitrogens with zero attached hydrogens (tertiary/aromatic N) is 4. The standard InChI is InChI=1S/C19H22N6O3/c1-12-15(8-23-28-12)19(27)24-7-3-4-13(10-24)25(11-26)17-14-5-6-21-18(14)22-9-16(17)20-2/h5-6,8-9,11,13,20H,3-4,7,10H2,1-2H3,(H,21,22)/t13-/m1/s1. The third kappa shape index (κ3) is 2.98. The highest BCUT2D eigenvalue weighted by atomic mass is 16.5. The summed E-state index contributed by atoms with van der Waals surface area (Å²) < 4.78 is 5.03. The quantitative estimate of drug-likeness (QED) is 0.655. The molecule has 2 amide bonds. The smallest absolute Gasteiger partial charge is 0.259 e. The topological polar surface area (TPSA) is 107 Å². The van der Waals surface area contributed by atoms with Gasteiger partial charge in [-0.2, -0.15) is 0 Å². The fourth-order valence-electron chi connectivity index (χ4n) is 3.82. The van der Waals surface area contributed by atoms with Gasteiger partial charge in [-0.05, 0) is 25.8 Å². The third-order valence-corrected chi connectivity index (χ3v) is 5.26. The van der Waals surface area contributed by atoms with Crippen molar-refractivity contribution in [2.24, 2.45) is 0 Å². The van der Waals surface area contributed by atoms with Crippen LogP contribution in [0.25, 0.3) is 11.0 Å².